The van der Waals surface area contributed by atoms with Gasteiger partial charge in [-0.25, -0.2) is 0 Å². The first-order valence-corrected chi connectivity index (χ1v) is 8.52. The van der Waals surface area contributed by atoms with E-state index in [1.54, 1.807) is 0 Å². The summed E-state index contributed by atoms with van der Waals surface area (Å²) < 4.78 is 2.42. The van der Waals surface area contributed by atoms with Crippen molar-refractivity contribution in [3.05, 3.63) is 36.0 Å². The van der Waals surface area contributed by atoms with Crippen molar-refractivity contribution in [3.63, 3.8) is 0 Å². The van der Waals surface area contributed by atoms with Crippen molar-refractivity contribution in [2.24, 2.45) is 0 Å². The number of hydrogen-bond donors (Lipinski definition) is 1. The van der Waals surface area contributed by atoms with E-state index < -0.39 is 0 Å². The van der Waals surface area contributed by atoms with Crippen LogP contribution in [-0.4, -0.2) is 29.7 Å². The summed E-state index contributed by atoms with van der Waals surface area (Å²) in [6.45, 7) is 5.40. The molecule has 0 aliphatic rings. The van der Waals surface area contributed by atoms with Crippen LogP contribution < -0.4 is 5.32 Å². The molecule has 0 saturated heterocycles. The summed E-state index contributed by atoms with van der Waals surface area (Å²) in [7, 11) is 0. The van der Waals surface area contributed by atoms with Crippen LogP contribution >= 0.6 is 11.8 Å². The summed E-state index contributed by atoms with van der Waals surface area (Å²) in [5, 5.41) is 4.83. The van der Waals surface area contributed by atoms with Gasteiger partial charge in [0.15, 0.2) is 0 Å². The first kappa shape index (κ1) is 14.5. The van der Waals surface area contributed by atoms with Gasteiger partial charge in [-0.05, 0) is 49.6 Å². The molecule has 104 valence electrons. The molecule has 1 N–H and O–H groups in total. The van der Waals surface area contributed by atoms with Crippen LogP contribution in [0.25, 0.3) is 10.9 Å². The molecule has 1 aromatic heterocycles. The SMILES string of the molecule is CCNCCc1cn(CCCSC)c2ccccc12. The van der Waals surface area contributed by atoms with Crippen molar-refractivity contribution < 1.29 is 0 Å². The fourth-order valence-corrected chi connectivity index (χ4v) is 2.90. The van der Waals surface area contributed by atoms with Crippen LogP contribution in [0.2, 0.25) is 0 Å². The smallest absolute Gasteiger partial charge is 0.0483 e. The zero-order valence-corrected chi connectivity index (χ0v) is 12.8. The number of aryl methyl sites for hydroxylation is 1. The Morgan fingerprint density at radius 3 is 2.89 bits per heavy atom. The molecule has 2 aromatic rings. The number of likely N-dealkylation sites (N-methyl/N-ethyl adjacent to an activating group) is 1. The average Bonchev–Trinajstić information content (AvgIpc) is 2.79. The van der Waals surface area contributed by atoms with E-state index in [2.05, 4.69) is 53.5 Å². The molecule has 0 aliphatic heterocycles. The molecule has 0 radical (unpaired) electrons. The Hall–Kier alpha value is -0.930. The van der Waals surface area contributed by atoms with Gasteiger partial charge in [-0.2, -0.15) is 11.8 Å². The predicted molar refractivity (Wildman–Crippen MR) is 87.2 cm³/mol. The van der Waals surface area contributed by atoms with Crippen molar-refractivity contribution in [1.29, 1.82) is 0 Å². The van der Waals surface area contributed by atoms with E-state index in [-0.39, 0.29) is 0 Å². The maximum Gasteiger partial charge on any atom is 0.0483 e. The normalized spacial score (nSPS) is 11.3. The number of nitrogens with one attached hydrogen (secondary N) is 1. The van der Waals surface area contributed by atoms with E-state index in [4.69, 9.17) is 0 Å². The molecule has 2 nitrogen and oxygen atoms in total. The summed E-state index contributed by atoms with van der Waals surface area (Å²) >= 11 is 1.93. The maximum atomic E-state index is 3.41. The highest BCUT2D eigenvalue weighted by atomic mass is 32.2. The fourth-order valence-electron chi connectivity index (χ4n) is 2.49. The van der Waals surface area contributed by atoms with E-state index >= 15 is 0 Å². The molecule has 19 heavy (non-hydrogen) atoms. The third-order valence-corrected chi connectivity index (χ3v) is 4.14. The van der Waals surface area contributed by atoms with E-state index in [0.717, 1.165) is 26.1 Å². The Morgan fingerprint density at radius 2 is 2.11 bits per heavy atom. The van der Waals surface area contributed by atoms with Crippen LogP contribution in [0.15, 0.2) is 30.5 Å². The number of hydrogen-bond acceptors (Lipinski definition) is 2. The molecule has 0 fully saturated rings. The molecule has 1 heterocycles. The number of thioether (sulfide) groups is 1. The van der Waals surface area contributed by atoms with Gasteiger partial charge in [0.05, 0.1) is 0 Å². The molecule has 0 amide bonds. The molecular formula is C16H24N2S. The highest BCUT2D eigenvalue weighted by Gasteiger charge is 2.07. The summed E-state index contributed by atoms with van der Waals surface area (Å²) in [6, 6.07) is 8.78. The molecule has 2 rings (SSSR count). The zero-order chi connectivity index (χ0) is 13.5. The average molecular weight is 276 g/mol. The molecule has 1 aromatic carbocycles. The number of rotatable bonds is 8. The van der Waals surface area contributed by atoms with Gasteiger partial charge in [-0.3, -0.25) is 0 Å². The lowest BCUT2D eigenvalue weighted by Crippen LogP contribution is -2.15. The second kappa shape index (κ2) is 7.61. The van der Waals surface area contributed by atoms with E-state index in [1.807, 2.05) is 11.8 Å². The second-order valence-corrected chi connectivity index (χ2v) is 5.80. The predicted octanol–water partition coefficient (Wildman–Crippen LogP) is 3.55. The number of para-hydroxylation sites is 1. The van der Waals surface area contributed by atoms with Crippen molar-refractivity contribution in [2.75, 3.05) is 25.1 Å². The summed E-state index contributed by atoms with van der Waals surface area (Å²) in [5.74, 6) is 1.24. The monoisotopic (exact) mass is 276 g/mol. The lowest BCUT2D eigenvalue weighted by atomic mass is 10.1. The minimum atomic E-state index is 1.05. The standard InChI is InChI=1S/C16H24N2S/c1-3-17-10-9-14-13-18(11-6-12-19-2)16-8-5-4-7-15(14)16/h4-5,7-8,13,17H,3,6,9-12H2,1-2H3. The summed E-state index contributed by atoms with van der Waals surface area (Å²) in [4.78, 5) is 0. The molecule has 0 unspecified atom stereocenters. The van der Waals surface area contributed by atoms with E-state index in [9.17, 15) is 0 Å². The number of benzene rings is 1. The third-order valence-electron chi connectivity index (χ3n) is 3.44. The number of aromatic nitrogens is 1. The quantitative estimate of drug-likeness (QED) is 0.743. The Morgan fingerprint density at radius 1 is 1.26 bits per heavy atom. The summed E-state index contributed by atoms with van der Waals surface area (Å²) in [6.07, 6.45) is 6.88. The zero-order valence-electron chi connectivity index (χ0n) is 12.0. The van der Waals surface area contributed by atoms with Crippen LogP contribution in [0, 0.1) is 0 Å². The van der Waals surface area contributed by atoms with Gasteiger partial charge in [-0.1, -0.05) is 25.1 Å². The lowest BCUT2D eigenvalue weighted by molar-refractivity contribution is 0.695. The maximum absolute atomic E-state index is 3.41. The molecule has 0 atom stereocenters. The molecule has 3 heteroatoms. The topological polar surface area (TPSA) is 17.0 Å². The fraction of sp³-hybridized carbons (Fsp3) is 0.500. The van der Waals surface area contributed by atoms with Gasteiger partial charge in [0, 0.05) is 23.6 Å². The molecular weight excluding hydrogens is 252 g/mol. The summed E-state index contributed by atoms with van der Waals surface area (Å²) in [5.41, 5.74) is 2.86. The van der Waals surface area contributed by atoms with Crippen LogP contribution in [0.4, 0.5) is 0 Å². The Balaban J connectivity index is 2.16. The third kappa shape index (κ3) is 3.77. The van der Waals surface area contributed by atoms with Crippen LogP contribution in [0.3, 0.4) is 0 Å². The first-order chi connectivity index (χ1) is 9.36. The second-order valence-electron chi connectivity index (χ2n) is 4.81. The Bertz CT molecular complexity index is 460. The van der Waals surface area contributed by atoms with Crippen molar-refractivity contribution in [1.82, 2.24) is 9.88 Å². The van der Waals surface area contributed by atoms with E-state index in [1.165, 1.54) is 28.6 Å². The van der Waals surface area contributed by atoms with Gasteiger partial charge in [0.2, 0.25) is 0 Å². The van der Waals surface area contributed by atoms with Crippen molar-refractivity contribution in [3.8, 4) is 0 Å². The number of fused-ring (bicyclic) bond motifs is 1. The molecule has 0 saturated carbocycles. The van der Waals surface area contributed by atoms with Gasteiger partial charge in [0.25, 0.3) is 0 Å². The largest absolute Gasteiger partial charge is 0.347 e. The lowest BCUT2D eigenvalue weighted by Gasteiger charge is -2.03. The van der Waals surface area contributed by atoms with Crippen molar-refractivity contribution >= 4 is 22.7 Å². The van der Waals surface area contributed by atoms with Crippen LogP contribution in [0.5, 0.6) is 0 Å². The van der Waals surface area contributed by atoms with Gasteiger partial charge in [0.1, 0.15) is 0 Å². The Kier molecular flexibility index (Phi) is 5.80. The van der Waals surface area contributed by atoms with Gasteiger partial charge < -0.3 is 9.88 Å². The first-order valence-electron chi connectivity index (χ1n) is 7.13. The Labute approximate surface area is 120 Å². The highest BCUT2D eigenvalue weighted by molar-refractivity contribution is 7.98. The number of nitrogens with zero attached hydrogens (tertiary/aromatic N) is 1. The van der Waals surface area contributed by atoms with E-state index in [0.29, 0.717) is 0 Å². The minimum Gasteiger partial charge on any atom is -0.347 e. The van der Waals surface area contributed by atoms with Crippen LogP contribution in [0.1, 0.15) is 18.9 Å². The molecule has 0 bridgehead atoms. The minimum absolute atomic E-state index is 1.05. The van der Waals surface area contributed by atoms with Gasteiger partial charge >= 0.3 is 0 Å². The molecule has 0 spiro atoms. The highest BCUT2D eigenvalue weighted by Crippen LogP contribution is 2.22. The molecule has 0 aliphatic carbocycles. The van der Waals surface area contributed by atoms with Crippen molar-refractivity contribution in [2.45, 2.75) is 26.3 Å². The van der Waals surface area contributed by atoms with Crippen LogP contribution in [-0.2, 0) is 13.0 Å². The van der Waals surface area contributed by atoms with Gasteiger partial charge in [-0.15, -0.1) is 0 Å².